The summed E-state index contributed by atoms with van der Waals surface area (Å²) in [6.45, 7) is 7.29. The van der Waals surface area contributed by atoms with Gasteiger partial charge in [0.15, 0.2) is 0 Å². The minimum absolute atomic E-state index is 0.184. The molecule has 1 aromatic rings. The van der Waals surface area contributed by atoms with Gasteiger partial charge in [-0.15, -0.1) is 0 Å². The summed E-state index contributed by atoms with van der Waals surface area (Å²) in [7, 11) is 0. The van der Waals surface area contributed by atoms with E-state index in [1.54, 1.807) is 6.07 Å². The first kappa shape index (κ1) is 18.7. The Morgan fingerprint density at radius 2 is 2.09 bits per heavy atom. The molecule has 7 heteroatoms. The Kier molecular flexibility index (Phi) is 7.05. The van der Waals surface area contributed by atoms with Gasteiger partial charge >= 0.3 is 141 Å². The third-order valence-corrected chi connectivity index (χ3v) is 4.86. The Bertz CT molecular complexity index is 541. The zero-order valence-corrected chi connectivity index (χ0v) is 15.5. The van der Waals surface area contributed by atoms with E-state index in [1.165, 1.54) is 0 Å². The van der Waals surface area contributed by atoms with Crippen LogP contribution < -0.4 is 26.5 Å². The summed E-state index contributed by atoms with van der Waals surface area (Å²) in [6.07, 6.45) is 0.258. The summed E-state index contributed by atoms with van der Waals surface area (Å²) in [5, 5.41) is 13.8. The van der Waals surface area contributed by atoms with Gasteiger partial charge < -0.3 is 0 Å². The molecule has 0 radical (unpaired) electrons. The Morgan fingerprint density at radius 1 is 1.41 bits per heavy atom. The molecule has 1 amide bonds. The van der Waals surface area contributed by atoms with Crippen molar-refractivity contribution in [3.63, 3.8) is 0 Å². The number of hydrogen-bond acceptors (Lipinski definition) is 4. The number of nitro groups is 1. The van der Waals surface area contributed by atoms with Gasteiger partial charge in [0, 0.05) is 0 Å². The summed E-state index contributed by atoms with van der Waals surface area (Å²) in [5.41, 5.74) is 1.33. The molecule has 0 fully saturated rings. The Balaban J connectivity index is 2.37. The van der Waals surface area contributed by atoms with E-state index < -0.39 is 11.7 Å². The predicted molar refractivity (Wildman–Crippen MR) is 80.6 cm³/mol. The van der Waals surface area contributed by atoms with Gasteiger partial charge in [0.2, 0.25) is 0 Å². The van der Waals surface area contributed by atoms with Crippen LogP contribution in [0.1, 0.15) is 31.9 Å². The van der Waals surface area contributed by atoms with Gasteiger partial charge in [0.25, 0.3) is 0 Å². The number of rotatable bonds is 6. The van der Waals surface area contributed by atoms with Crippen LogP contribution in [-0.4, -0.2) is 25.6 Å². The number of alkyl halides is 2. The van der Waals surface area contributed by atoms with E-state index in [1.807, 2.05) is 39.8 Å². The average Bonchev–Trinajstić information content (AvgIpc) is 2.37. The molecule has 1 N–H and O–H groups in total. The van der Waals surface area contributed by atoms with Crippen molar-refractivity contribution in [2.24, 2.45) is 0 Å². The number of carbonyl (C=O) groups is 1. The third kappa shape index (κ3) is 7.06. The fourth-order valence-corrected chi connectivity index (χ4v) is 3.63. The molecule has 1 aromatic carbocycles. The number of amides is 1. The SMILES string of the molecule is Cc1ccc(CC[I-]CNC(=O)OC(C)(C)C)c([N+](=O)[O-])c1. The predicted octanol–water partition coefficient (Wildman–Crippen LogP) is 0.0169. The van der Waals surface area contributed by atoms with E-state index in [2.05, 4.69) is 5.32 Å². The second-order valence-corrected chi connectivity index (χ2v) is 8.75. The van der Waals surface area contributed by atoms with Crippen molar-refractivity contribution >= 4 is 11.8 Å². The Morgan fingerprint density at radius 3 is 2.68 bits per heavy atom. The number of benzene rings is 1. The second kappa shape index (κ2) is 8.30. The van der Waals surface area contributed by atoms with Crippen molar-refractivity contribution < 1.29 is 35.7 Å². The van der Waals surface area contributed by atoms with Crippen molar-refractivity contribution in [3.05, 3.63) is 39.4 Å². The molecule has 0 heterocycles. The molecule has 0 saturated heterocycles. The first-order valence-corrected chi connectivity index (χ1v) is 9.98. The van der Waals surface area contributed by atoms with Crippen LogP contribution >= 0.6 is 0 Å². The van der Waals surface area contributed by atoms with Gasteiger partial charge in [-0.2, -0.15) is 0 Å². The number of aryl methyl sites for hydroxylation is 2. The van der Waals surface area contributed by atoms with Crippen molar-refractivity contribution in [1.82, 2.24) is 5.32 Å². The van der Waals surface area contributed by atoms with E-state index >= 15 is 0 Å². The van der Waals surface area contributed by atoms with Gasteiger partial charge in [-0.3, -0.25) is 0 Å². The number of nitro benzene ring substituents is 1. The minimum atomic E-state index is -0.495. The zero-order chi connectivity index (χ0) is 16.8. The molecule has 0 saturated carbocycles. The van der Waals surface area contributed by atoms with E-state index in [-0.39, 0.29) is 31.8 Å². The van der Waals surface area contributed by atoms with Crippen LogP contribution in [0.15, 0.2) is 18.2 Å². The first-order valence-electron chi connectivity index (χ1n) is 6.93. The topological polar surface area (TPSA) is 81.5 Å². The summed E-state index contributed by atoms with van der Waals surface area (Å²) in [5.74, 6) is 0. The molecule has 0 bridgehead atoms. The zero-order valence-electron chi connectivity index (χ0n) is 13.3. The van der Waals surface area contributed by atoms with Crippen LogP contribution in [0.25, 0.3) is 0 Å². The van der Waals surface area contributed by atoms with Crippen molar-refractivity contribution in [1.29, 1.82) is 0 Å². The third-order valence-electron chi connectivity index (χ3n) is 2.64. The van der Waals surface area contributed by atoms with Crippen molar-refractivity contribution in [2.75, 3.05) is 8.98 Å². The molecule has 0 atom stereocenters. The van der Waals surface area contributed by atoms with Crippen molar-refractivity contribution in [2.45, 2.75) is 39.7 Å². The Labute approximate surface area is 141 Å². The quantitative estimate of drug-likeness (QED) is 0.175. The van der Waals surface area contributed by atoms with Crippen LogP contribution in [0.3, 0.4) is 0 Å². The van der Waals surface area contributed by atoms with E-state index in [0.29, 0.717) is 11.0 Å². The van der Waals surface area contributed by atoms with E-state index in [9.17, 15) is 14.9 Å². The fraction of sp³-hybridized carbons (Fsp3) is 0.533. The van der Waals surface area contributed by atoms with Gasteiger partial charge in [-0.05, 0) is 0 Å². The molecule has 0 unspecified atom stereocenters. The van der Waals surface area contributed by atoms with Crippen LogP contribution in [0.2, 0.25) is 0 Å². The maximum atomic E-state index is 11.5. The van der Waals surface area contributed by atoms with Crippen LogP contribution in [0.5, 0.6) is 0 Å². The molecule has 1 rings (SSSR count). The molecule has 6 nitrogen and oxygen atoms in total. The van der Waals surface area contributed by atoms with Gasteiger partial charge in [-0.25, -0.2) is 0 Å². The number of hydrogen-bond donors (Lipinski definition) is 1. The van der Waals surface area contributed by atoms with Crippen LogP contribution in [0.4, 0.5) is 10.5 Å². The average molecular weight is 421 g/mol. The summed E-state index contributed by atoms with van der Waals surface area (Å²) < 4.78 is 6.62. The molecule has 22 heavy (non-hydrogen) atoms. The van der Waals surface area contributed by atoms with E-state index in [4.69, 9.17) is 4.74 Å². The molecule has 0 aliphatic carbocycles. The molecular weight excluding hydrogens is 399 g/mol. The first-order chi connectivity index (χ1) is 10.2. The Hall–Kier alpha value is -1.38. The number of halogens is 1. The van der Waals surface area contributed by atoms with Crippen LogP contribution in [0, 0.1) is 17.0 Å². The van der Waals surface area contributed by atoms with Gasteiger partial charge in [-0.1, -0.05) is 0 Å². The number of alkyl carbamates (subject to hydrolysis) is 1. The molecule has 0 aliphatic heterocycles. The van der Waals surface area contributed by atoms with E-state index in [0.717, 1.165) is 15.6 Å². The summed E-state index contributed by atoms with van der Waals surface area (Å²) in [4.78, 5) is 22.2. The van der Waals surface area contributed by atoms with Gasteiger partial charge in [0.05, 0.1) is 0 Å². The van der Waals surface area contributed by atoms with Gasteiger partial charge in [0.1, 0.15) is 0 Å². The molecule has 0 aliphatic rings. The van der Waals surface area contributed by atoms with Crippen molar-refractivity contribution in [3.8, 4) is 0 Å². The summed E-state index contributed by atoms with van der Waals surface area (Å²) >= 11 is -0.252. The number of nitrogens with zero attached hydrogens (tertiary/aromatic N) is 1. The fourth-order valence-electron chi connectivity index (χ4n) is 1.71. The number of ether oxygens (including phenoxy) is 1. The molecule has 0 spiro atoms. The molecule has 0 aromatic heterocycles. The molecular formula is C15H22IN2O4-. The summed E-state index contributed by atoms with van der Waals surface area (Å²) in [6, 6.07) is 5.31. The number of nitrogens with one attached hydrogen (secondary N) is 1. The van der Waals surface area contributed by atoms with Crippen LogP contribution in [-0.2, 0) is 11.2 Å². The monoisotopic (exact) mass is 421 g/mol. The standard InChI is InChI=1S/C15H22IN2O4/c1-11-5-6-12(13(9-11)18(20)21)7-8-16-10-17-14(19)22-15(2,3)4/h5-6,9H,7-8,10H2,1-4H3,(H,17,19)/q-1. The molecule has 124 valence electrons. The number of carbonyl (C=O) groups excluding carboxylic acids is 1. The second-order valence-electron chi connectivity index (χ2n) is 5.83. The maximum absolute atomic E-state index is 11.5. The normalized spacial score (nSPS) is 11.3.